The number of rotatable bonds is 10. The van der Waals surface area contributed by atoms with E-state index in [9.17, 15) is 19.5 Å². The van der Waals surface area contributed by atoms with Gasteiger partial charge >= 0.3 is 11.7 Å². The number of unbranched alkanes of at least 4 members (excludes halogenated alkanes) is 1. The quantitative estimate of drug-likeness (QED) is 0.413. The SMILES string of the molecule is CCCCC(=O)n1c(C)c(CCC(C)C)n(Cc2ccc(-c3ccccc3C(=O)O)cc2)c1=O. The first-order valence-corrected chi connectivity index (χ1v) is 12.0. The molecule has 1 aromatic heterocycles. The average molecular weight is 463 g/mol. The molecule has 6 heteroatoms. The zero-order valence-electron chi connectivity index (χ0n) is 20.5. The summed E-state index contributed by atoms with van der Waals surface area (Å²) >= 11 is 0. The molecule has 0 aliphatic carbocycles. The van der Waals surface area contributed by atoms with Crippen molar-refractivity contribution in [1.29, 1.82) is 0 Å². The molecule has 0 saturated carbocycles. The standard InChI is InChI=1S/C28H34N2O4/c1-5-6-11-26(31)30-20(4)25(17-12-19(2)3)29(28(30)34)18-21-13-15-22(16-14-21)23-9-7-8-10-24(23)27(32)33/h7-10,13-16,19H,5-6,11-12,17-18H2,1-4H3,(H,32,33). The molecule has 34 heavy (non-hydrogen) atoms. The van der Waals surface area contributed by atoms with Gasteiger partial charge < -0.3 is 5.11 Å². The van der Waals surface area contributed by atoms with Gasteiger partial charge in [0.1, 0.15) is 0 Å². The predicted molar refractivity (Wildman–Crippen MR) is 135 cm³/mol. The monoisotopic (exact) mass is 462 g/mol. The van der Waals surface area contributed by atoms with Gasteiger partial charge in [0, 0.05) is 17.8 Å². The summed E-state index contributed by atoms with van der Waals surface area (Å²) in [7, 11) is 0. The van der Waals surface area contributed by atoms with Crippen molar-refractivity contribution >= 4 is 11.9 Å². The molecule has 3 aromatic rings. The molecule has 6 nitrogen and oxygen atoms in total. The van der Waals surface area contributed by atoms with Crippen LogP contribution < -0.4 is 5.69 Å². The summed E-state index contributed by atoms with van der Waals surface area (Å²) in [5.41, 5.74) is 3.99. The molecule has 3 rings (SSSR count). The van der Waals surface area contributed by atoms with Crippen LogP contribution in [0.5, 0.6) is 0 Å². The number of imidazole rings is 1. The number of aromatic carboxylic acids is 1. The maximum Gasteiger partial charge on any atom is 0.336 e. The lowest BCUT2D eigenvalue weighted by molar-refractivity contribution is 0.0697. The Morgan fingerprint density at radius 1 is 1.03 bits per heavy atom. The second-order valence-corrected chi connectivity index (χ2v) is 9.21. The van der Waals surface area contributed by atoms with Crippen LogP contribution in [0.15, 0.2) is 53.3 Å². The van der Waals surface area contributed by atoms with Crippen molar-refractivity contribution in [3.63, 3.8) is 0 Å². The van der Waals surface area contributed by atoms with Gasteiger partial charge in [0.2, 0.25) is 5.91 Å². The number of benzene rings is 2. The lowest BCUT2D eigenvalue weighted by Gasteiger charge is -2.11. The number of carbonyl (C=O) groups excluding carboxylic acids is 1. The third-order valence-corrected chi connectivity index (χ3v) is 6.22. The molecule has 0 unspecified atom stereocenters. The maximum atomic E-state index is 13.3. The van der Waals surface area contributed by atoms with Crippen LogP contribution in [0.3, 0.4) is 0 Å². The molecule has 2 aromatic carbocycles. The first kappa shape index (κ1) is 25.2. The van der Waals surface area contributed by atoms with Gasteiger partial charge in [0.05, 0.1) is 12.1 Å². The van der Waals surface area contributed by atoms with E-state index in [4.69, 9.17) is 0 Å². The summed E-state index contributed by atoms with van der Waals surface area (Å²) in [5.74, 6) is -0.629. The van der Waals surface area contributed by atoms with Crippen molar-refractivity contribution in [2.75, 3.05) is 0 Å². The van der Waals surface area contributed by atoms with Gasteiger partial charge in [0.15, 0.2) is 0 Å². The summed E-state index contributed by atoms with van der Waals surface area (Å²) in [6.07, 6.45) is 3.69. The zero-order chi connectivity index (χ0) is 24.8. The Morgan fingerprint density at radius 2 is 1.71 bits per heavy atom. The normalized spacial score (nSPS) is 11.2. The molecular formula is C28H34N2O4. The molecule has 1 heterocycles. The van der Waals surface area contributed by atoms with Crippen molar-refractivity contribution in [3.05, 3.63) is 81.5 Å². The largest absolute Gasteiger partial charge is 0.478 e. The molecule has 180 valence electrons. The summed E-state index contributed by atoms with van der Waals surface area (Å²) in [4.78, 5) is 37.7. The van der Waals surface area contributed by atoms with E-state index < -0.39 is 5.97 Å². The lowest BCUT2D eigenvalue weighted by atomic mass is 9.98. The van der Waals surface area contributed by atoms with Gasteiger partial charge in [-0.25, -0.2) is 14.2 Å². The van der Waals surface area contributed by atoms with Crippen LogP contribution in [-0.2, 0) is 13.0 Å². The number of carboxylic acid groups (broad SMARTS) is 1. The van der Waals surface area contributed by atoms with E-state index in [0.29, 0.717) is 24.4 Å². The van der Waals surface area contributed by atoms with Crippen molar-refractivity contribution in [1.82, 2.24) is 9.13 Å². The highest BCUT2D eigenvalue weighted by Crippen LogP contribution is 2.25. The van der Waals surface area contributed by atoms with Crippen LogP contribution >= 0.6 is 0 Å². The molecule has 0 bridgehead atoms. The molecule has 0 fully saturated rings. The average Bonchev–Trinajstić information content (AvgIpc) is 3.05. The zero-order valence-corrected chi connectivity index (χ0v) is 20.5. The highest BCUT2D eigenvalue weighted by atomic mass is 16.4. The van der Waals surface area contributed by atoms with E-state index in [1.165, 1.54) is 4.57 Å². The molecule has 0 aliphatic heterocycles. The Bertz CT molecular complexity index is 1220. The van der Waals surface area contributed by atoms with Crippen molar-refractivity contribution < 1.29 is 14.7 Å². The second-order valence-electron chi connectivity index (χ2n) is 9.21. The summed E-state index contributed by atoms with van der Waals surface area (Å²) in [6.45, 7) is 8.55. The van der Waals surface area contributed by atoms with Gasteiger partial charge in [0.25, 0.3) is 0 Å². The molecule has 1 N–H and O–H groups in total. The summed E-state index contributed by atoms with van der Waals surface area (Å²) < 4.78 is 3.07. The van der Waals surface area contributed by atoms with Crippen LogP contribution in [-0.4, -0.2) is 26.1 Å². The van der Waals surface area contributed by atoms with Crippen molar-refractivity contribution in [2.45, 2.75) is 66.3 Å². The van der Waals surface area contributed by atoms with E-state index in [1.54, 1.807) is 22.8 Å². The van der Waals surface area contributed by atoms with E-state index in [2.05, 4.69) is 13.8 Å². The fourth-order valence-electron chi connectivity index (χ4n) is 4.24. The minimum Gasteiger partial charge on any atom is -0.478 e. The van der Waals surface area contributed by atoms with Gasteiger partial charge in [-0.3, -0.25) is 9.36 Å². The van der Waals surface area contributed by atoms with Crippen molar-refractivity contribution in [2.24, 2.45) is 5.92 Å². The molecule has 0 aliphatic rings. The fraction of sp³-hybridized carbons (Fsp3) is 0.393. The van der Waals surface area contributed by atoms with Crippen LogP contribution in [0.4, 0.5) is 0 Å². The fourth-order valence-corrected chi connectivity index (χ4v) is 4.24. The number of hydrogen-bond acceptors (Lipinski definition) is 3. The van der Waals surface area contributed by atoms with Crippen LogP contribution in [0.1, 0.15) is 78.6 Å². The third-order valence-electron chi connectivity index (χ3n) is 6.22. The van der Waals surface area contributed by atoms with Crippen molar-refractivity contribution in [3.8, 4) is 11.1 Å². The Balaban J connectivity index is 1.96. The van der Waals surface area contributed by atoms with E-state index >= 15 is 0 Å². The third kappa shape index (κ3) is 5.56. The number of nitrogens with zero attached hydrogens (tertiary/aromatic N) is 2. The number of carboxylic acids is 1. The number of aromatic nitrogens is 2. The molecule has 0 radical (unpaired) electrons. The highest BCUT2D eigenvalue weighted by molar-refractivity contribution is 5.96. The first-order valence-electron chi connectivity index (χ1n) is 12.0. The Kier molecular flexibility index (Phi) is 8.26. The number of hydrogen-bond donors (Lipinski definition) is 1. The second kappa shape index (κ2) is 11.1. The number of carbonyl (C=O) groups is 2. The first-order chi connectivity index (χ1) is 16.2. The van der Waals surface area contributed by atoms with E-state index in [-0.39, 0.29) is 17.2 Å². The molecular weight excluding hydrogens is 428 g/mol. The topological polar surface area (TPSA) is 81.3 Å². The van der Waals surface area contributed by atoms with Gasteiger partial charge in [-0.1, -0.05) is 69.7 Å². The van der Waals surface area contributed by atoms with Crippen LogP contribution in [0.25, 0.3) is 11.1 Å². The molecule has 0 atom stereocenters. The Morgan fingerprint density at radius 3 is 2.32 bits per heavy atom. The van der Waals surface area contributed by atoms with Crippen LogP contribution in [0.2, 0.25) is 0 Å². The smallest absolute Gasteiger partial charge is 0.336 e. The van der Waals surface area contributed by atoms with Gasteiger partial charge in [-0.15, -0.1) is 0 Å². The molecule has 0 saturated heterocycles. The molecule has 0 spiro atoms. The van der Waals surface area contributed by atoms with Gasteiger partial charge in [-0.05, 0) is 54.9 Å². The summed E-state index contributed by atoms with van der Waals surface area (Å²) in [5, 5.41) is 9.49. The minimum atomic E-state index is -0.967. The lowest BCUT2D eigenvalue weighted by Crippen LogP contribution is -2.30. The van der Waals surface area contributed by atoms with Crippen LogP contribution in [0, 0.1) is 12.8 Å². The van der Waals surface area contributed by atoms with E-state index in [0.717, 1.165) is 48.2 Å². The minimum absolute atomic E-state index is 0.144. The Labute approximate surface area is 200 Å². The van der Waals surface area contributed by atoms with E-state index in [1.807, 2.05) is 44.2 Å². The van der Waals surface area contributed by atoms with Gasteiger partial charge in [-0.2, -0.15) is 0 Å². The predicted octanol–water partition coefficient (Wildman–Crippen LogP) is 5.79. The molecule has 0 amide bonds. The Hall–Kier alpha value is -3.41. The summed E-state index contributed by atoms with van der Waals surface area (Å²) in [6, 6.07) is 14.5. The highest BCUT2D eigenvalue weighted by Gasteiger charge is 2.21. The maximum absolute atomic E-state index is 13.3.